The zero-order chi connectivity index (χ0) is 13.7. The Labute approximate surface area is 104 Å². The van der Waals surface area contributed by atoms with Crippen LogP contribution in [0.25, 0.3) is 0 Å². The third-order valence-corrected chi connectivity index (χ3v) is 2.13. The van der Waals surface area contributed by atoms with Gasteiger partial charge in [0.05, 0.1) is 17.9 Å². The summed E-state index contributed by atoms with van der Waals surface area (Å²) in [4.78, 5) is 11.6. The highest BCUT2D eigenvalue weighted by Crippen LogP contribution is 2.13. The molecule has 0 spiro atoms. The van der Waals surface area contributed by atoms with Gasteiger partial charge in [0.15, 0.2) is 5.84 Å². The molecule has 4 N–H and O–H groups in total. The van der Waals surface area contributed by atoms with E-state index in [0.717, 1.165) is 0 Å². The Morgan fingerprint density at radius 1 is 1.72 bits per heavy atom. The van der Waals surface area contributed by atoms with Crippen molar-refractivity contribution in [3.05, 3.63) is 11.8 Å². The van der Waals surface area contributed by atoms with Crippen molar-refractivity contribution in [3.63, 3.8) is 0 Å². The number of nitrogens with two attached hydrogens (primary N) is 1. The number of amides is 1. The van der Waals surface area contributed by atoms with Gasteiger partial charge in [-0.05, 0) is 13.8 Å². The van der Waals surface area contributed by atoms with Crippen LogP contribution >= 0.6 is 0 Å². The van der Waals surface area contributed by atoms with E-state index in [4.69, 9.17) is 15.7 Å². The number of nitrogens with one attached hydrogen (secondary N) is 1. The molecule has 8 nitrogen and oxygen atoms in total. The van der Waals surface area contributed by atoms with Crippen LogP contribution in [0.3, 0.4) is 0 Å². The van der Waals surface area contributed by atoms with Crippen LogP contribution in [0, 0.1) is 0 Å². The minimum absolute atomic E-state index is 0.0363. The Balaban J connectivity index is 2.78. The maximum Gasteiger partial charge on any atom is 0.251 e. The lowest BCUT2D eigenvalue weighted by Gasteiger charge is -2.09. The summed E-state index contributed by atoms with van der Waals surface area (Å²) in [5.74, 6) is -0.106. The molecular formula is C10H17N5O3. The minimum Gasteiger partial charge on any atom is -0.409 e. The number of hydrogen-bond acceptors (Lipinski definition) is 5. The molecule has 0 unspecified atom stereocenters. The molecule has 1 heterocycles. The van der Waals surface area contributed by atoms with Crippen LogP contribution in [0.4, 0.5) is 5.82 Å². The van der Waals surface area contributed by atoms with E-state index in [9.17, 15) is 4.79 Å². The van der Waals surface area contributed by atoms with E-state index < -0.39 is 0 Å². The molecule has 0 radical (unpaired) electrons. The zero-order valence-electron chi connectivity index (χ0n) is 10.5. The van der Waals surface area contributed by atoms with Crippen molar-refractivity contribution in [2.24, 2.45) is 17.9 Å². The van der Waals surface area contributed by atoms with E-state index in [1.165, 1.54) is 10.9 Å². The largest absolute Gasteiger partial charge is 0.409 e. The van der Waals surface area contributed by atoms with E-state index in [1.807, 2.05) is 13.8 Å². The Kier molecular flexibility index (Phi) is 4.67. The Hall–Kier alpha value is -2.09. The average Bonchev–Trinajstić information content (AvgIpc) is 2.68. The molecular weight excluding hydrogens is 238 g/mol. The second kappa shape index (κ2) is 6.01. The number of aromatic nitrogens is 2. The third-order valence-electron chi connectivity index (χ3n) is 2.13. The van der Waals surface area contributed by atoms with Crippen molar-refractivity contribution in [1.82, 2.24) is 9.78 Å². The predicted octanol–water partition coefficient (Wildman–Crippen LogP) is -0.122. The Morgan fingerprint density at radius 3 is 2.94 bits per heavy atom. The van der Waals surface area contributed by atoms with Crippen LogP contribution < -0.4 is 11.1 Å². The molecule has 1 amide bonds. The zero-order valence-corrected chi connectivity index (χ0v) is 10.5. The molecule has 0 saturated heterocycles. The standard InChI is InChI=1S/C10H17N5O3/c1-6(2)18-5-8(16)13-10-7(9(11)14-17)4-12-15(10)3/h4,6,17H,5H2,1-3H3,(H2,11,14)(H,13,16). The van der Waals surface area contributed by atoms with Gasteiger partial charge in [0.25, 0.3) is 5.91 Å². The van der Waals surface area contributed by atoms with Crippen molar-refractivity contribution in [1.29, 1.82) is 0 Å². The van der Waals surface area contributed by atoms with Crippen LogP contribution in [0.5, 0.6) is 0 Å². The first-order valence-corrected chi connectivity index (χ1v) is 5.37. The predicted molar refractivity (Wildman–Crippen MR) is 65.4 cm³/mol. The molecule has 1 aromatic rings. The summed E-state index contributed by atoms with van der Waals surface area (Å²) in [6, 6.07) is 0. The monoisotopic (exact) mass is 255 g/mol. The number of carbonyl (C=O) groups is 1. The quantitative estimate of drug-likeness (QED) is 0.293. The summed E-state index contributed by atoms with van der Waals surface area (Å²) < 4.78 is 6.58. The van der Waals surface area contributed by atoms with Gasteiger partial charge in [0.2, 0.25) is 0 Å². The Morgan fingerprint density at radius 2 is 2.39 bits per heavy atom. The lowest BCUT2D eigenvalue weighted by Crippen LogP contribution is -2.24. The molecule has 100 valence electrons. The van der Waals surface area contributed by atoms with Crippen molar-refractivity contribution in [3.8, 4) is 0 Å². The summed E-state index contributed by atoms with van der Waals surface area (Å²) in [6.45, 7) is 3.59. The van der Waals surface area contributed by atoms with Gasteiger partial charge in [-0.3, -0.25) is 9.48 Å². The summed E-state index contributed by atoms with van der Waals surface area (Å²) in [6.07, 6.45) is 1.36. The topological polar surface area (TPSA) is 115 Å². The van der Waals surface area contributed by atoms with Gasteiger partial charge in [0, 0.05) is 7.05 Å². The highest BCUT2D eigenvalue weighted by atomic mass is 16.5. The van der Waals surface area contributed by atoms with Crippen LogP contribution in [-0.4, -0.2) is 39.4 Å². The van der Waals surface area contributed by atoms with Gasteiger partial charge in [-0.1, -0.05) is 5.16 Å². The van der Waals surface area contributed by atoms with Crippen molar-refractivity contribution >= 4 is 17.6 Å². The first-order chi connectivity index (χ1) is 8.45. The summed E-state index contributed by atoms with van der Waals surface area (Å²) in [5.41, 5.74) is 5.82. The van der Waals surface area contributed by atoms with Gasteiger partial charge < -0.3 is 21.0 Å². The van der Waals surface area contributed by atoms with Gasteiger partial charge in [-0.15, -0.1) is 0 Å². The van der Waals surface area contributed by atoms with Gasteiger partial charge in [-0.25, -0.2) is 0 Å². The van der Waals surface area contributed by atoms with Crippen molar-refractivity contribution < 1.29 is 14.7 Å². The fraction of sp³-hybridized carbons (Fsp3) is 0.500. The minimum atomic E-state index is -0.334. The lowest BCUT2D eigenvalue weighted by molar-refractivity contribution is -0.122. The average molecular weight is 255 g/mol. The van der Waals surface area contributed by atoms with Crippen LogP contribution in [0.15, 0.2) is 11.4 Å². The summed E-state index contributed by atoms with van der Waals surface area (Å²) in [7, 11) is 1.63. The second-order valence-corrected chi connectivity index (χ2v) is 3.92. The first-order valence-electron chi connectivity index (χ1n) is 5.37. The molecule has 0 saturated carbocycles. The molecule has 0 aliphatic heterocycles. The van der Waals surface area contributed by atoms with Gasteiger partial charge >= 0.3 is 0 Å². The third kappa shape index (κ3) is 3.45. The van der Waals surface area contributed by atoms with Gasteiger partial charge in [0.1, 0.15) is 12.4 Å². The SMILES string of the molecule is CC(C)OCC(=O)Nc1c(C(N)=NO)cnn1C. The molecule has 1 rings (SSSR count). The molecule has 0 aliphatic rings. The lowest BCUT2D eigenvalue weighted by atomic mass is 10.3. The van der Waals surface area contributed by atoms with E-state index in [0.29, 0.717) is 11.4 Å². The molecule has 0 fully saturated rings. The molecule has 18 heavy (non-hydrogen) atoms. The molecule has 0 aromatic carbocycles. The number of anilines is 1. The van der Waals surface area contributed by atoms with Gasteiger partial charge in [-0.2, -0.15) is 5.10 Å². The van der Waals surface area contributed by atoms with Crippen molar-refractivity contribution in [2.45, 2.75) is 20.0 Å². The number of rotatable bonds is 5. The number of ether oxygens (including phenoxy) is 1. The number of nitrogens with zero attached hydrogens (tertiary/aromatic N) is 3. The summed E-state index contributed by atoms with van der Waals surface area (Å²) in [5, 5.41) is 18.0. The highest BCUT2D eigenvalue weighted by Gasteiger charge is 2.15. The van der Waals surface area contributed by atoms with Crippen LogP contribution in [0.1, 0.15) is 19.4 Å². The Bertz CT molecular complexity index is 452. The van der Waals surface area contributed by atoms with E-state index in [2.05, 4.69) is 15.6 Å². The summed E-state index contributed by atoms with van der Waals surface area (Å²) >= 11 is 0. The number of oxime groups is 1. The van der Waals surface area contributed by atoms with Crippen LogP contribution in [0.2, 0.25) is 0 Å². The maximum absolute atomic E-state index is 11.6. The first kappa shape index (κ1) is 14.0. The fourth-order valence-electron chi connectivity index (χ4n) is 1.24. The molecule has 0 aliphatic carbocycles. The molecule has 8 heteroatoms. The molecule has 1 aromatic heterocycles. The normalized spacial score (nSPS) is 11.9. The van der Waals surface area contributed by atoms with E-state index in [-0.39, 0.29) is 24.5 Å². The number of amidine groups is 1. The highest BCUT2D eigenvalue weighted by molar-refractivity contribution is 6.04. The molecule has 0 bridgehead atoms. The van der Waals surface area contributed by atoms with E-state index >= 15 is 0 Å². The maximum atomic E-state index is 11.6. The number of aryl methyl sites for hydroxylation is 1. The van der Waals surface area contributed by atoms with E-state index in [1.54, 1.807) is 7.05 Å². The number of hydrogen-bond donors (Lipinski definition) is 3. The second-order valence-electron chi connectivity index (χ2n) is 3.92. The van der Waals surface area contributed by atoms with Crippen molar-refractivity contribution in [2.75, 3.05) is 11.9 Å². The molecule has 0 atom stereocenters. The van der Waals surface area contributed by atoms with Crippen LogP contribution in [-0.2, 0) is 16.6 Å². The number of carbonyl (C=O) groups excluding carboxylic acids is 1. The fourth-order valence-corrected chi connectivity index (χ4v) is 1.24. The smallest absolute Gasteiger partial charge is 0.251 e.